The second-order valence-electron chi connectivity index (χ2n) is 8.56. The number of nitrogens with one attached hydrogen (secondary N) is 1. The SMILES string of the molecule is NC1CC(N)CN(c2nc(Nc3cccc(CO)c3)nc(N3CC(N)CC(N)C3)n2)C1. The molecule has 0 saturated carbocycles. The highest BCUT2D eigenvalue weighted by Crippen LogP contribution is 2.24. The van der Waals surface area contributed by atoms with Crippen LogP contribution < -0.4 is 38.1 Å². The van der Waals surface area contributed by atoms with Crippen LogP contribution in [0.2, 0.25) is 0 Å². The van der Waals surface area contributed by atoms with Crippen molar-refractivity contribution in [1.82, 2.24) is 15.0 Å². The Morgan fingerprint density at radius 2 is 1.35 bits per heavy atom. The van der Waals surface area contributed by atoms with Gasteiger partial charge in [0.25, 0.3) is 0 Å². The Balaban J connectivity index is 1.67. The fourth-order valence-electron chi connectivity index (χ4n) is 4.25. The number of hydrogen-bond donors (Lipinski definition) is 6. The molecule has 2 aliphatic rings. The van der Waals surface area contributed by atoms with E-state index in [0.717, 1.165) is 24.1 Å². The molecule has 168 valence electrons. The zero-order chi connectivity index (χ0) is 22.0. The zero-order valence-corrected chi connectivity index (χ0v) is 17.6. The molecule has 1 aromatic heterocycles. The molecule has 0 amide bonds. The van der Waals surface area contributed by atoms with Crippen LogP contribution in [-0.2, 0) is 6.61 Å². The lowest BCUT2D eigenvalue weighted by atomic mass is 10.0. The van der Waals surface area contributed by atoms with Crippen molar-refractivity contribution in [1.29, 1.82) is 0 Å². The van der Waals surface area contributed by atoms with E-state index in [1.54, 1.807) is 0 Å². The van der Waals surface area contributed by atoms with Gasteiger partial charge >= 0.3 is 0 Å². The monoisotopic (exact) mass is 428 g/mol. The molecule has 0 bridgehead atoms. The first-order chi connectivity index (χ1) is 14.9. The highest BCUT2D eigenvalue weighted by Gasteiger charge is 2.28. The quantitative estimate of drug-likeness (QED) is 0.338. The van der Waals surface area contributed by atoms with E-state index in [1.807, 2.05) is 34.1 Å². The standard InChI is InChI=1S/C20H32N10O/c21-13-5-14(22)8-29(7-13)19-26-18(25-17-3-1-2-12(4-17)11-31)27-20(28-19)30-9-15(23)6-16(24)10-30/h1-4,13-16,31H,5-11,21-24H2,(H,25,26,27,28). The summed E-state index contributed by atoms with van der Waals surface area (Å²) >= 11 is 0. The number of aliphatic hydroxyl groups excluding tert-OH is 1. The second-order valence-corrected chi connectivity index (χ2v) is 8.56. The van der Waals surface area contributed by atoms with Gasteiger partial charge in [0.05, 0.1) is 6.61 Å². The van der Waals surface area contributed by atoms with Crippen LogP contribution in [0.4, 0.5) is 23.5 Å². The molecule has 10 N–H and O–H groups in total. The number of nitrogens with two attached hydrogens (primary N) is 4. The van der Waals surface area contributed by atoms with Crippen molar-refractivity contribution in [2.24, 2.45) is 22.9 Å². The minimum Gasteiger partial charge on any atom is -0.392 e. The van der Waals surface area contributed by atoms with Gasteiger partial charge in [0, 0.05) is 56.0 Å². The first-order valence-electron chi connectivity index (χ1n) is 10.6. The summed E-state index contributed by atoms with van der Waals surface area (Å²) in [6.45, 7) is 2.44. The molecular formula is C20H32N10O. The summed E-state index contributed by atoms with van der Waals surface area (Å²) in [5.41, 5.74) is 26.3. The predicted molar refractivity (Wildman–Crippen MR) is 121 cm³/mol. The molecule has 2 saturated heterocycles. The predicted octanol–water partition coefficient (Wildman–Crippen LogP) is -1.16. The van der Waals surface area contributed by atoms with Gasteiger partial charge < -0.3 is 43.2 Å². The molecule has 1 aromatic carbocycles. The molecule has 11 heteroatoms. The third-order valence-corrected chi connectivity index (χ3v) is 5.57. The lowest BCUT2D eigenvalue weighted by Gasteiger charge is -2.37. The second kappa shape index (κ2) is 9.28. The van der Waals surface area contributed by atoms with Crippen molar-refractivity contribution >= 4 is 23.5 Å². The van der Waals surface area contributed by atoms with Crippen molar-refractivity contribution in [3.05, 3.63) is 29.8 Å². The van der Waals surface area contributed by atoms with Gasteiger partial charge in [0.15, 0.2) is 0 Å². The van der Waals surface area contributed by atoms with Crippen molar-refractivity contribution in [2.75, 3.05) is 41.3 Å². The Kier molecular flexibility index (Phi) is 6.49. The summed E-state index contributed by atoms with van der Waals surface area (Å²) in [6, 6.07) is 7.28. The van der Waals surface area contributed by atoms with E-state index in [0.29, 0.717) is 44.0 Å². The number of piperidine rings is 2. The van der Waals surface area contributed by atoms with Gasteiger partial charge in [-0.25, -0.2) is 0 Å². The number of aromatic nitrogens is 3. The molecule has 11 nitrogen and oxygen atoms in total. The highest BCUT2D eigenvalue weighted by atomic mass is 16.3. The highest BCUT2D eigenvalue weighted by molar-refractivity contribution is 5.57. The van der Waals surface area contributed by atoms with Crippen molar-refractivity contribution in [3.8, 4) is 0 Å². The average Bonchev–Trinajstić information content (AvgIpc) is 2.72. The largest absolute Gasteiger partial charge is 0.392 e. The molecule has 0 spiro atoms. The third-order valence-electron chi connectivity index (χ3n) is 5.57. The maximum absolute atomic E-state index is 9.43. The number of rotatable bonds is 5. The molecule has 3 heterocycles. The number of benzene rings is 1. The molecule has 4 rings (SSSR count). The summed E-state index contributed by atoms with van der Waals surface area (Å²) in [5.74, 6) is 1.43. The van der Waals surface area contributed by atoms with Gasteiger partial charge in [0.2, 0.25) is 17.8 Å². The molecule has 2 fully saturated rings. The summed E-state index contributed by atoms with van der Waals surface area (Å²) in [4.78, 5) is 18.0. The molecule has 31 heavy (non-hydrogen) atoms. The number of nitrogens with zero attached hydrogens (tertiary/aromatic N) is 5. The molecule has 4 unspecified atom stereocenters. The maximum atomic E-state index is 9.43. The normalized spacial score (nSPS) is 26.7. The smallest absolute Gasteiger partial charge is 0.233 e. The van der Waals surface area contributed by atoms with Crippen molar-refractivity contribution < 1.29 is 5.11 Å². The van der Waals surface area contributed by atoms with E-state index in [4.69, 9.17) is 27.9 Å². The summed E-state index contributed by atoms with van der Waals surface area (Å²) in [6.07, 6.45) is 1.53. The van der Waals surface area contributed by atoms with Gasteiger partial charge in [-0.3, -0.25) is 0 Å². The number of hydrogen-bond acceptors (Lipinski definition) is 11. The lowest BCUT2D eigenvalue weighted by molar-refractivity contribution is 0.282. The van der Waals surface area contributed by atoms with Gasteiger partial charge in [-0.2, -0.15) is 15.0 Å². The summed E-state index contributed by atoms with van der Waals surface area (Å²) in [5, 5.41) is 12.7. The van der Waals surface area contributed by atoms with Crippen LogP contribution in [0, 0.1) is 0 Å². The van der Waals surface area contributed by atoms with E-state index in [9.17, 15) is 5.11 Å². The minimum atomic E-state index is -0.0453. The van der Waals surface area contributed by atoms with E-state index in [-0.39, 0.29) is 30.8 Å². The molecule has 2 aliphatic heterocycles. The molecule has 0 radical (unpaired) electrons. The van der Waals surface area contributed by atoms with Crippen LogP contribution in [-0.4, -0.2) is 70.4 Å². The van der Waals surface area contributed by atoms with Gasteiger partial charge in [-0.15, -0.1) is 0 Å². The van der Waals surface area contributed by atoms with Gasteiger partial charge in [-0.05, 0) is 30.5 Å². The average molecular weight is 429 g/mol. The van der Waals surface area contributed by atoms with E-state index in [2.05, 4.69) is 15.3 Å². The Hall–Kier alpha value is -2.57. The van der Waals surface area contributed by atoms with Crippen molar-refractivity contribution in [2.45, 2.75) is 43.6 Å². The minimum absolute atomic E-state index is 0.0431. The Bertz CT molecular complexity index is 832. The fraction of sp³-hybridized carbons (Fsp3) is 0.550. The topological polar surface area (TPSA) is 181 Å². The van der Waals surface area contributed by atoms with Crippen LogP contribution in [0.15, 0.2) is 24.3 Å². The Morgan fingerprint density at radius 3 is 1.84 bits per heavy atom. The Labute approximate surface area is 181 Å². The summed E-state index contributed by atoms with van der Waals surface area (Å²) < 4.78 is 0. The molecule has 4 atom stereocenters. The fourth-order valence-corrected chi connectivity index (χ4v) is 4.25. The van der Waals surface area contributed by atoms with Crippen molar-refractivity contribution in [3.63, 3.8) is 0 Å². The third kappa shape index (κ3) is 5.38. The van der Waals surface area contributed by atoms with Crippen LogP contribution in [0.3, 0.4) is 0 Å². The summed E-state index contributed by atoms with van der Waals surface area (Å²) in [7, 11) is 0. The zero-order valence-electron chi connectivity index (χ0n) is 17.6. The first kappa shape index (κ1) is 21.7. The number of aliphatic hydroxyl groups is 1. The maximum Gasteiger partial charge on any atom is 0.233 e. The van der Waals surface area contributed by atoms with Crippen LogP contribution in [0.5, 0.6) is 0 Å². The van der Waals surface area contributed by atoms with Gasteiger partial charge in [0.1, 0.15) is 0 Å². The molecule has 2 aromatic rings. The molecule has 0 aliphatic carbocycles. The van der Waals surface area contributed by atoms with Crippen LogP contribution in [0.1, 0.15) is 18.4 Å². The van der Waals surface area contributed by atoms with E-state index >= 15 is 0 Å². The van der Waals surface area contributed by atoms with E-state index < -0.39 is 0 Å². The number of anilines is 4. The van der Waals surface area contributed by atoms with Crippen LogP contribution in [0.25, 0.3) is 0 Å². The van der Waals surface area contributed by atoms with Gasteiger partial charge in [-0.1, -0.05) is 12.1 Å². The Morgan fingerprint density at radius 1 is 0.839 bits per heavy atom. The van der Waals surface area contributed by atoms with Crippen LogP contribution >= 0.6 is 0 Å². The lowest BCUT2D eigenvalue weighted by Crippen LogP contribution is -2.54. The molecular weight excluding hydrogens is 396 g/mol. The van der Waals surface area contributed by atoms with E-state index in [1.165, 1.54) is 0 Å². The first-order valence-corrected chi connectivity index (χ1v) is 10.6.